The van der Waals surface area contributed by atoms with E-state index in [2.05, 4.69) is 27.0 Å². The van der Waals surface area contributed by atoms with E-state index in [4.69, 9.17) is 0 Å². The van der Waals surface area contributed by atoms with Gasteiger partial charge in [-0.05, 0) is 19.1 Å². The number of rotatable bonds is 5. The molecule has 2 aromatic carbocycles. The molecular weight excluding hydrogens is 372 g/mol. The Balaban J connectivity index is 1.65. The maximum atomic E-state index is 12.4. The number of carbonyl (C=O) groups excluding carboxylic acids is 2. The Labute approximate surface area is 167 Å². The quantitative estimate of drug-likeness (QED) is 0.675. The van der Waals surface area contributed by atoms with E-state index in [1.54, 1.807) is 0 Å². The molecule has 0 spiro atoms. The van der Waals surface area contributed by atoms with Gasteiger partial charge in [0, 0.05) is 24.3 Å². The molecule has 1 N–H and O–H groups in total. The summed E-state index contributed by atoms with van der Waals surface area (Å²) < 4.78 is 2.05. The van der Waals surface area contributed by atoms with Gasteiger partial charge in [0.1, 0.15) is 0 Å². The second kappa shape index (κ2) is 7.90. The molecule has 0 unspecified atom stereocenters. The monoisotopic (exact) mass is 392 g/mol. The summed E-state index contributed by atoms with van der Waals surface area (Å²) in [4.78, 5) is 29.9. The van der Waals surface area contributed by atoms with Crippen molar-refractivity contribution in [2.45, 2.75) is 12.1 Å². The van der Waals surface area contributed by atoms with E-state index in [0.717, 1.165) is 22.1 Å². The number of hydrogen-bond acceptors (Lipinski definition) is 4. The van der Waals surface area contributed by atoms with Gasteiger partial charge < -0.3 is 5.32 Å². The lowest BCUT2D eigenvalue weighted by Crippen LogP contribution is -2.35. The minimum Gasteiger partial charge on any atom is -0.336 e. The topological polar surface area (TPSA) is 67.2 Å². The summed E-state index contributed by atoms with van der Waals surface area (Å²) >= 11 is 1.34. The number of aromatic nitrogens is 2. The van der Waals surface area contributed by atoms with Gasteiger partial charge in [-0.2, -0.15) is 0 Å². The van der Waals surface area contributed by atoms with E-state index in [0.29, 0.717) is 13.1 Å². The number of thioether (sulfide) groups is 1. The van der Waals surface area contributed by atoms with Gasteiger partial charge in [-0.3, -0.25) is 14.3 Å². The van der Waals surface area contributed by atoms with E-state index >= 15 is 0 Å². The average Bonchev–Trinajstić information content (AvgIpc) is 3.34. The van der Waals surface area contributed by atoms with Gasteiger partial charge in [0.25, 0.3) is 0 Å². The lowest BCUT2D eigenvalue weighted by atomic mass is 10.1. The standard InChI is InChI=1S/C21H20N4O2S/c1-15-7-9-17(10-8-15)25-18(16-5-3-2-4-6-16)13-23-21(25)28-14-19(26)24-12-11-22-20(24)27/h2-10,13H,11-12,14H2,1H3,(H,22,27). The SMILES string of the molecule is Cc1ccc(-n2c(-c3ccccc3)cnc2SCC(=O)N2CCNC2=O)cc1. The van der Waals surface area contributed by atoms with Crippen LogP contribution < -0.4 is 5.32 Å². The Bertz CT molecular complexity index is 999. The molecule has 1 aliphatic heterocycles. The van der Waals surface area contributed by atoms with Gasteiger partial charge >= 0.3 is 6.03 Å². The van der Waals surface area contributed by atoms with Crippen LogP contribution in [0.1, 0.15) is 5.56 Å². The average molecular weight is 392 g/mol. The fraction of sp³-hybridized carbons (Fsp3) is 0.190. The Hall–Kier alpha value is -3.06. The third-order valence-corrected chi connectivity index (χ3v) is 5.51. The van der Waals surface area contributed by atoms with Gasteiger partial charge in [-0.1, -0.05) is 59.8 Å². The van der Waals surface area contributed by atoms with Crippen LogP contribution in [-0.2, 0) is 4.79 Å². The molecule has 1 aliphatic rings. The molecule has 1 fully saturated rings. The molecule has 0 aliphatic carbocycles. The first-order valence-corrected chi connectivity index (χ1v) is 10.0. The van der Waals surface area contributed by atoms with Crippen LogP contribution in [0.15, 0.2) is 66.0 Å². The zero-order chi connectivity index (χ0) is 19.5. The van der Waals surface area contributed by atoms with Crippen molar-refractivity contribution in [3.63, 3.8) is 0 Å². The number of imide groups is 1. The van der Waals surface area contributed by atoms with E-state index in [9.17, 15) is 9.59 Å². The molecule has 1 saturated heterocycles. The number of urea groups is 1. The number of aryl methyl sites for hydroxylation is 1. The molecule has 0 radical (unpaired) electrons. The number of nitrogens with zero attached hydrogens (tertiary/aromatic N) is 3. The summed E-state index contributed by atoms with van der Waals surface area (Å²) in [6.45, 7) is 2.97. The van der Waals surface area contributed by atoms with Crippen molar-refractivity contribution in [3.05, 3.63) is 66.4 Å². The molecule has 4 rings (SSSR count). The minimum atomic E-state index is -0.322. The van der Waals surface area contributed by atoms with Crippen LogP contribution in [0, 0.1) is 6.92 Å². The van der Waals surface area contributed by atoms with Crippen LogP contribution in [0.3, 0.4) is 0 Å². The van der Waals surface area contributed by atoms with Crippen LogP contribution in [0.5, 0.6) is 0 Å². The number of carbonyl (C=O) groups is 2. The van der Waals surface area contributed by atoms with Crippen LogP contribution >= 0.6 is 11.8 Å². The van der Waals surface area contributed by atoms with Crippen molar-refractivity contribution >= 4 is 23.7 Å². The molecule has 3 aromatic rings. The number of nitrogens with one attached hydrogen (secondary N) is 1. The van der Waals surface area contributed by atoms with Gasteiger partial charge in [-0.25, -0.2) is 9.78 Å². The summed E-state index contributed by atoms with van der Waals surface area (Å²) in [5, 5.41) is 3.37. The summed E-state index contributed by atoms with van der Waals surface area (Å²) in [6, 6.07) is 17.9. The normalized spacial score (nSPS) is 13.6. The van der Waals surface area contributed by atoms with Gasteiger partial charge in [0.2, 0.25) is 5.91 Å². The predicted molar refractivity (Wildman–Crippen MR) is 110 cm³/mol. The van der Waals surface area contributed by atoms with E-state index < -0.39 is 0 Å². The lowest BCUT2D eigenvalue weighted by Gasteiger charge is -2.14. The second-order valence-corrected chi connectivity index (χ2v) is 7.47. The highest BCUT2D eigenvalue weighted by Crippen LogP contribution is 2.30. The summed E-state index contributed by atoms with van der Waals surface area (Å²) in [5.74, 6) is -0.0513. The molecule has 0 atom stereocenters. The van der Waals surface area contributed by atoms with Gasteiger partial charge in [-0.15, -0.1) is 0 Å². The highest BCUT2D eigenvalue weighted by atomic mass is 32.2. The molecule has 0 bridgehead atoms. The van der Waals surface area contributed by atoms with Crippen molar-refractivity contribution in [1.82, 2.24) is 19.8 Å². The fourth-order valence-electron chi connectivity index (χ4n) is 3.11. The first kappa shape index (κ1) is 18.3. The summed E-state index contributed by atoms with van der Waals surface area (Å²) in [5.41, 5.74) is 4.16. The third kappa shape index (κ3) is 3.66. The highest BCUT2D eigenvalue weighted by molar-refractivity contribution is 7.99. The maximum Gasteiger partial charge on any atom is 0.324 e. The molecule has 28 heavy (non-hydrogen) atoms. The molecule has 2 heterocycles. The number of hydrogen-bond donors (Lipinski definition) is 1. The second-order valence-electron chi connectivity index (χ2n) is 6.53. The van der Waals surface area contributed by atoms with Gasteiger partial charge in [0.15, 0.2) is 5.16 Å². The number of benzene rings is 2. The number of imidazole rings is 1. The van der Waals surface area contributed by atoms with Crippen molar-refractivity contribution in [2.24, 2.45) is 0 Å². The van der Waals surface area contributed by atoms with Crippen LogP contribution in [-0.4, -0.2) is 45.2 Å². The van der Waals surface area contributed by atoms with Crippen LogP contribution in [0.4, 0.5) is 4.79 Å². The van der Waals surface area contributed by atoms with Crippen LogP contribution in [0.2, 0.25) is 0 Å². The first-order chi connectivity index (χ1) is 13.6. The Kier molecular flexibility index (Phi) is 5.16. The molecule has 6 nitrogen and oxygen atoms in total. The fourth-order valence-corrected chi connectivity index (χ4v) is 3.97. The third-order valence-electron chi connectivity index (χ3n) is 4.57. The van der Waals surface area contributed by atoms with E-state index in [-0.39, 0.29) is 17.7 Å². The molecular formula is C21H20N4O2S. The number of amides is 3. The lowest BCUT2D eigenvalue weighted by molar-refractivity contribution is -0.124. The van der Waals surface area contributed by atoms with Crippen molar-refractivity contribution in [3.8, 4) is 16.9 Å². The molecule has 7 heteroatoms. The zero-order valence-corrected chi connectivity index (χ0v) is 16.3. The Morgan fingerprint density at radius 3 is 2.57 bits per heavy atom. The molecule has 1 aromatic heterocycles. The minimum absolute atomic E-state index is 0.157. The first-order valence-electron chi connectivity index (χ1n) is 9.04. The zero-order valence-electron chi connectivity index (χ0n) is 15.5. The molecule has 142 valence electrons. The summed E-state index contributed by atoms with van der Waals surface area (Å²) in [7, 11) is 0. The molecule has 0 saturated carbocycles. The Morgan fingerprint density at radius 2 is 1.89 bits per heavy atom. The van der Waals surface area contributed by atoms with E-state index in [1.165, 1.54) is 22.2 Å². The van der Waals surface area contributed by atoms with Crippen molar-refractivity contribution < 1.29 is 9.59 Å². The van der Waals surface area contributed by atoms with Gasteiger partial charge in [0.05, 0.1) is 17.6 Å². The van der Waals surface area contributed by atoms with Crippen LogP contribution in [0.25, 0.3) is 16.9 Å². The van der Waals surface area contributed by atoms with Crippen molar-refractivity contribution in [1.29, 1.82) is 0 Å². The maximum absolute atomic E-state index is 12.4. The predicted octanol–water partition coefficient (Wildman–Crippen LogP) is 3.49. The smallest absolute Gasteiger partial charge is 0.324 e. The summed E-state index contributed by atoms with van der Waals surface area (Å²) in [6.07, 6.45) is 1.82. The largest absolute Gasteiger partial charge is 0.336 e. The highest BCUT2D eigenvalue weighted by Gasteiger charge is 2.26. The Morgan fingerprint density at radius 1 is 1.14 bits per heavy atom. The van der Waals surface area contributed by atoms with Crippen molar-refractivity contribution in [2.75, 3.05) is 18.8 Å². The molecule has 3 amide bonds. The van der Waals surface area contributed by atoms with E-state index in [1.807, 2.05) is 55.6 Å².